The zero-order valence-corrected chi connectivity index (χ0v) is 19.3. The molecule has 2 aliphatic rings. The van der Waals surface area contributed by atoms with Crippen molar-refractivity contribution in [2.75, 3.05) is 0 Å². The third kappa shape index (κ3) is 9.36. The number of rotatable bonds is 4. The lowest BCUT2D eigenvalue weighted by Crippen LogP contribution is -2.24. The summed E-state index contributed by atoms with van der Waals surface area (Å²) < 4.78 is 0. The van der Waals surface area contributed by atoms with E-state index in [1.165, 1.54) is 96.3 Å². The third-order valence-corrected chi connectivity index (χ3v) is 8.25. The number of hydrogen-bond acceptors (Lipinski definition) is 0. The van der Waals surface area contributed by atoms with E-state index in [1.54, 1.807) is 25.7 Å². The maximum absolute atomic E-state index is 2.45. The van der Waals surface area contributed by atoms with Crippen molar-refractivity contribution in [3.05, 3.63) is 0 Å². The first kappa shape index (κ1) is 23.3. The van der Waals surface area contributed by atoms with E-state index in [0.717, 1.165) is 29.6 Å². The van der Waals surface area contributed by atoms with Crippen LogP contribution in [-0.2, 0) is 0 Å². The second kappa shape index (κ2) is 14.1. The third-order valence-electron chi connectivity index (χ3n) is 8.25. The molecule has 2 saturated carbocycles. The van der Waals surface area contributed by atoms with Crippen LogP contribution in [0.1, 0.15) is 143 Å². The maximum atomic E-state index is 2.45. The van der Waals surface area contributed by atoms with Crippen molar-refractivity contribution in [3.63, 3.8) is 0 Å². The van der Waals surface area contributed by atoms with Crippen LogP contribution in [0.15, 0.2) is 0 Å². The van der Waals surface area contributed by atoms with Gasteiger partial charge in [0.15, 0.2) is 0 Å². The van der Waals surface area contributed by atoms with Gasteiger partial charge in [-0.05, 0) is 55.3 Å². The molecule has 27 heavy (non-hydrogen) atoms. The Balaban J connectivity index is 1.85. The molecule has 0 bridgehead atoms. The molecule has 2 rings (SSSR count). The largest absolute Gasteiger partial charge is 0.0654 e. The van der Waals surface area contributed by atoms with Crippen LogP contribution in [0.25, 0.3) is 0 Å². The summed E-state index contributed by atoms with van der Waals surface area (Å²) in [7, 11) is 0. The van der Waals surface area contributed by atoms with Gasteiger partial charge in [-0.2, -0.15) is 0 Å². The summed E-state index contributed by atoms with van der Waals surface area (Å²) in [6.07, 6.45) is 28.8. The van der Waals surface area contributed by atoms with E-state index in [2.05, 4.69) is 20.8 Å². The van der Waals surface area contributed by atoms with Crippen LogP contribution in [0.4, 0.5) is 0 Å². The SMILES string of the molecule is CCCC1CCCCCCCCCCC(C2CCC(C(C)C)CC2)CCC1. The van der Waals surface area contributed by atoms with Gasteiger partial charge >= 0.3 is 0 Å². The second-order valence-corrected chi connectivity index (χ2v) is 10.7. The van der Waals surface area contributed by atoms with Crippen LogP contribution in [0.2, 0.25) is 0 Å². The van der Waals surface area contributed by atoms with Crippen LogP contribution in [-0.4, -0.2) is 0 Å². The Hall–Kier alpha value is 0. The van der Waals surface area contributed by atoms with Crippen molar-refractivity contribution in [2.24, 2.45) is 29.6 Å². The molecule has 0 saturated heterocycles. The molecule has 2 unspecified atom stereocenters. The molecule has 0 N–H and O–H groups in total. The molecule has 0 heterocycles. The highest BCUT2D eigenvalue weighted by molar-refractivity contribution is 4.80. The van der Waals surface area contributed by atoms with E-state index >= 15 is 0 Å². The second-order valence-electron chi connectivity index (χ2n) is 10.7. The van der Waals surface area contributed by atoms with Crippen molar-refractivity contribution >= 4 is 0 Å². The smallest absolute Gasteiger partial charge is 0.0386 e. The molecular formula is C27H52. The van der Waals surface area contributed by atoms with Gasteiger partial charge in [0.2, 0.25) is 0 Å². The summed E-state index contributed by atoms with van der Waals surface area (Å²) in [6.45, 7) is 7.29. The van der Waals surface area contributed by atoms with Gasteiger partial charge in [0.1, 0.15) is 0 Å². The minimum Gasteiger partial charge on any atom is -0.0654 e. The van der Waals surface area contributed by atoms with Gasteiger partial charge in [-0.25, -0.2) is 0 Å². The quantitative estimate of drug-likeness (QED) is 0.458. The van der Waals surface area contributed by atoms with Crippen LogP contribution in [0, 0.1) is 29.6 Å². The molecule has 0 radical (unpaired) electrons. The Morgan fingerprint density at radius 2 is 1.04 bits per heavy atom. The van der Waals surface area contributed by atoms with E-state index in [0.29, 0.717) is 0 Å². The Labute approximate surface area is 172 Å². The standard InChI is InChI=1S/C27H52/c1-4-14-24-15-11-9-7-5-6-8-10-12-17-26(18-13-16-24)27-21-19-25(20-22-27)23(2)3/h23-27H,4-22H2,1-3H3. The fourth-order valence-corrected chi connectivity index (χ4v) is 6.31. The van der Waals surface area contributed by atoms with Gasteiger partial charge in [-0.1, -0.05) is 117 Å². The lowest BCUT2D eigenvalue weighted by Gasteiger charge is -2.36. The molecule has 0 spiro atoms. The predicted molar refractivity (Wildman–Crippen MR) is 122 cm³/mol. The first-order chi connectivity index (χ1) is 13.2. The van der Waals surface area contributed by atoms with Crippen LogP contribution >= 0.6 is 0 Å². The Morgan fingerprint density at radius 3 is 1.63 bits per heavy atom. The van der Waals surface area contributed by atoms with E-state index in [9.17, 15) is 0 Å². The lowest BCUT2D eigenvalue weighted by molar-refractivity contribution is 0.157. The highest BCUT2D eigenvalue weighted by Crippen LogP contribution is 2.40. The monoisotopic (exact) mass is 376 g/mol. The van der Waals surface area contributed by atoms with Gasteiger partial charge in [-0.15, -0.1) is 0 Å². The van der Waals surface area contributed by atoms with E-state index in [4.69, 9.17) is 0 Å². The van der Waals surface area contributed by atoms with Crippen molar-refractivity contribution in [1.29, 1.82) is 0 Å². The summed E-state index contributed by atoms with van der Waals surface area (Å²) in [4.78, 5) is 0. The summed E-state index contributed by atoms with van der Waals surface area (Å²) in [6, 6.07) is 0. The summed E-state index contributed by atoms with van der Waals surface area (Å²) >= 11 is 0. The molecule has 0 aromatic rings. The molecular weight excluding hydrogens is 324 g/mol. The molecule has 0 aromatic carbocycles. The minimum absolute atomic E-state index is 0.911. The maximum Gasteiger partial charge on any atom is -0.0386 e. The van der Waals surface area contributed by atoms with Crippen molar-refractivity contribution < 1.29 is 0 Å². The lowest BCUT2D eigenvalue weighted by atomic mass is 9.70. The molecule has 0 heteroatoms. The molecule has 0 nitrogen and oxygen atoms in total. The fourth-order valence-electron chi connectivity index (χ4n) is 6.31. The average Bonchev–Trinajstić information content (AvgIpc) is 2.68. The zero-order valence-electron chi connectivity index (χ0n) is 19.3. The summed E-state index contributed by atoms with van der Waals surface area (Å²) in [5.41, 5.74) is 0. The van der Waals surface area contributed by atoms with Gasteiger partial charge in [-0.3, -0.25) is 0 Å². The highest BCUT2D eigenvalue weighted by Gasteiger charge is 2.28. The summed E-state index contributed by atoms with van der Waals surface area (Å²) in [5, 5.41) is 0. The van der Waals surface area contributed by atoms with Gasteiger partial charge in [0, 0.05) is 0 Å². The van der Waals surface area contributed by atoms with Crippen molar-refractivity contribution in [1.82, 2.24) is 0 Å². The van der Waals surface area contributed by atoms with Crippen LogP contribution < -0.4 is 0 Å². The fraction of sp³-hybridized carbons (Fsp3) is 1.00. The van der Waals surface area contributed by atoms with E-state index in [1.807, 2.05) is 0 Å². The topological polar surface area (TPSA) is 0 Å². The first-order valence-electron chi connectivity index (χ1n) is 13.2. The van der Waals surface area contributed by atoms with Crippen LogP contribution in [0.3, 0.4) is 0 Å². The zero-order chi connectivity index (χ0) is 19.3. The molecule has 2 atom stereocenters. The Kier molecular flexibility index (Phi) is 12.1. The molecule has 2 aliphatic carbocycles. The normalized spacial score (nSPS) is 33.3. The molecule has 0 aromatic heterocycles. The van der Waals surface area contributed by atoms with E-state index < -0.39 is 0 Å². The molecule has 0 aliphatic heterocycles. The van der Waals surface area contributed by atoms with Crippen molar-refractivity contribution in [3.8, 4) is 0 Å². The first-order valence-corrected chi connectivity index (χ1v) is 13.2. The predicted octanol–water partition coefficient (Wildman–Crippen LogP) is 9.57. The van der Waals surface area contributed by atoms with Gasteiger partial charge in [0.25, 0.3) is 0 Å². The summed E-state index contributed by atoms with van der Waals surface area (Å²) in [5.74, 6) is 5.11. The molecule has 160 valence electrons. The van der Waals surface area contributed by atoms with Crippen molar-refractivity contribution in [2.45, 2.75) is 143 Å². The van der Waals surface area contributed by atoms with Gasteiger partial charge < -0.3 is 0 Å². The Morgan fingerprint density at radius 1 is 0.556 bits per heavy atom. The number of hydrogen-bond donors (Lipinski definition) is 0. The Bertz CT molecular complexity index is 336. The molecule has 0 amide bonds. The molecule has 2 fully saturated rings. The van der Waals surface area contributed by atoms with Crippen LogP contribution in [0.5, 0.6) is 0 Å². The minimum atomic E-state index is 0.911. The van der Waals surface area contributed by atoms with Gasteiger partial charge in [0.05, 0.1) is 0 Å². The average molecular weight is 377 g/mol. The highest BCUT2D eigenvalue weighted by atomic mass is 14.3. The van der Waals surface area contributed by atoms with E-state index in [-0.39, 0.29) is 0 Å².